The minimum atomic E-state index is 1.09. The molecule has 1 aliphatic rings. The zero-order valence-electron chi connectivity index (χ0n) is 8.86. The first kappa shape index (κ1) is 11.6. The lowest BCUT2D eigenvalue weighted by Gasteiger charge is -2.34. The van der Waals surface area contributed by atoms with Crippen LogP contribution in [0.5, 0.6) is 0 Å². The van der Waals surface area contributed by atoms with Crippen molar-refractivity contribution in [3.63, 3.8) is 0 Å². The van der Waals surface area contributed by atoms with E-state index in [-0.39, 0.29) is 0 Å². The molecule has 1 aromatic heterocycles. The van der Waals surface area contributed by atoms with Gasteiger partial charge in [0.2, 0.25) is 0 Å². The van der Waals surface area contributed by atoms with Gasteiger partial charge in [-0.05, 0) is 22.4 Å². The van der Waals surface area contributed by atoms with Crippen LogP contribution in [-0.2, 0) is 6.54 Å². The topological polar surface area (TPSA) is 6.48 Å². The number of thiophene rings is 1. The highest BCUT2D eigenvalue weighted by atomic mass is 79.9. The molecule has 84 valence electrons. The molecule has 2 nitrogen and oxygen atoms in total. The summed E-state index contributed by atoms with van der Waals surface area (Å²) in [6.07, 6.45) is 0. The third-order valence-corrected chi connectivity index (χ3v) is 3.94. The highest BCUT2D eigenvalue weighted by Gasteiger charge is 2.15. The van der Waals surface area contributed by atoms with Crippen LogP contribution in [0.1, 0.15) is 5.56 Å². The fourth-order valence-corrected chi connectivity index (χ4v) is 3.09. The fourth-order valence-electron chi connectivity index (χ4n) is 1.93. The van der Waals surface area contributed by atoms with Gasteiger partial charge >= 0.3 is 0 Å². The number of hydrogen-bond donors (Lipinski definition) is 0. The van der Waals surface area contributed by atoms with Gasteiger partial charge in [-0.1, -0.05) is 15.9 Å². The van der Waals surface area contributed by atoms with Crippen LogP contribution in [-0.4, -0.2) is 47.9 Å². The first-order valence-corrected chi connectivity index (χ1v) is 7.46. The molecule has 0 radical (unpaired) electrons. The third kappa shape index (κ3) is 3.55. The van der Waals surface area contributed by atoms with Crippen LogP contribution >= 0.6 is 27.3 Å². The molecule has 0 spiro atoms. The van der Waals surface area contributed by atoms with Crippen molar-refractivity contribution in [2.24, 2.45) is 0 Å². The van der Waals surface area contributed by atoms with Crippen LogP contribution in [0.3, 0.4) is 0 Å². The van der Waals surface area contributed by atoms with E-state index in [1.165, 1.54) is 38.3 Å². The van der Waals surface area contributed by atoms with Gasteiger partial charge < -0.3 is 0 Å². The first-order chi connectivity index (χ1) is 7.38. The van der Waals surface area contributed by atoms with Gasteiger partial charge in [0.1, 0.15) is 0 Å². The smallest absolute Gasteiger partial charge is 0.0243 e. The van der Waals surface area contributed by atoms with Crippen molar-refractivity contribution in [3.8, 4) is 0 Å². The molecular weight excluding hydrogens is 272 g/mol. The van der Waals surface area contributed by atoms with Gasteiger partial charge in [-0.25, -0.2) is 0 Å². The van der Waals surface area contributed by atoms with Crippen molar-refractivity contribution in [1.29, 1.82) is 0 Å². The van der Waals surface area contributed by atoms with Crippen molar-refractivity contribution >= 4 is 27.3 Å². The molecular formula is C11H17BrN2S. The molecule has 1 aromatic rings. The van der Waals surface area contributed by atoms with E-state index < -0.39 is 0 Å². The quantitative estimate of drug-likeness (QED) is 0.785. The number of halogens is 1. The summed E-state index contributed by atoms with van der Waals surface area (Å²) in [6.45, 7) is 7.18. The van der Waals surface area contributed by atoms with E-state index in [0.29, 0.717) is 0 Å². The lowest BCUT2D eigenvalue weighted by Crippen LogP contribution is -2.46. The Kier molecular flexibility index (Phi) is 4.62. The SMILES string of the molecule is BrCCN1CCN(Cc2ccsc2)CC1. The van der Waals surface area contributed by atoms with Gasteiger partial charge in [-0.2, -0.15) is 11.3 Å². The molecule has 0 saturated carbocycles. The molecule has 15 heavy (non-hydrogen) atoms. The summed E-state index contributed by atoms with van der Waals surface area (Å²) in [5, 5.41) is 5.51. The Bertz CT molecular complexity index is 268. The fraction of sp³-hybridized carbons (Fsp3) is 0.636. The molecule has 0 atom stereocenters. The molecule has 2 heterocycles. The standard InChI is InChI=1S/C11H17BrN2S/c12-2-3-13-4-6-14(7-5-13)9-11-1-8-15-10-11/h1,8,10H,2-7,9H2. The molecule has 0 unspecified atom stereocenters. The Balaban J connectivity index is 1.74. The van der Waals surface area contributed by atoms with Gasteiger partial charge in [-0.15, -0.1) is 0 Å². The lowest BCUT2D eigenvalue weighted by atomic mass is 10.2. The molecule has 4 heteroatoms. The molecule has 1 aliphatic heterocycles. The average molecular weight is 289 g/mol. The Labute approximate surface area is 104 Å². The van der Waals surface area contributed by atoms with Crippen LogP contribution in [0.2, 0.25) is 0 Å². The summed E-state index contributed by atoms with van der Waals surface area (Å²) in [5.74, 6) is 0. The summed E-state index contributed by atoms with van der Waals surface area (Å²) in [5.41, 5.74) is 1.47. The largest absolute Gasteiger partial charge is 0.300 e. The van der Waals surface area contributed by atoms with Crippen molar-refractivity contribution in [1.82, 2.24) is 9.80 Å². The highest BCUT2D eigenvalue weighted by Crippen LogP contribution is 2.11. The first-order valence-electron chi connectivity index (χ1n) is 5.40. The molecule has 1 saturated heterocycles. The molecule has 0 N–H and O–H groups in total. The Morgan fingerprint density at radius 2 is 1.93 bits per heavy atom. The molecule has 0 bridgehead atoms. The predicted octanol–water partition coefficient (Wildman–Crippen LogP) is 2.26. The van der Waals surface area contributed by atoms with Crippen LogP contribution < -0.4 is 0 Å². The molecule has 1 fully saturated rings. The van der Waals surface area contributed by atoms with Crippen molar-refractivity contribution in [2.75, 3.05) is 38.1 Å². The molecule has 2 rings (SSSR count). The van der Waals surface area contributed by atoms with Gasteiger partial charge in [-0.3, -0.25) is 9.80 Å². The maximum atomic E-state index is 3.49. The summed E-state index contributed by atoms with van der Waals surface area (Å²) in [7, 11) is 0. The molecule has 0 amide bonds. The second-order valence-electron chi connectivity index (χ2n) is 3.94. The number of piperazine rings is 1. The van der Waals surface area contributed by atoms with Crippen molar-refractivity contribution in [2.45, 2.75) is 6.54 Å². The maximum absolute atomic E-state index is 3.49. The summed E-state index contributed by atoms with van der Waals surface area (Å²) in [4.78, 5) is 5.08. The van der Waals surface area contributed by atoms with E-state index in [9.17, 15) is 0 Å². The average Bonchev–Trinajstić information content (AvgIpc) is 2.74. The lowest BCUT2D eigenvalue weighted by molar-refractivity contribution is 0.133. The third-order valence-electron chi connectivity index (χ3n) is 2.85. The van der Waals surface area contributed by atoms with Crippen LogP contribution in [0.25, 0.3) is 0 Å². The maximum Gasteiger partial charge on any atom is 0.0243 e. The van der Waals surface area contributed by atoms with E-state index in [0.717, 1.165) is 11.9 Å². The predicted molar refractivity (Wildman–Crippen MR) is 69.8 cm³/mol. The van der Waals surface area contributed by atoms with Crippen LogP contribution in [0, 0.1) is 0 Å². The van der Waals surface area contributed by atoms with Gasteiger partial charge in [0.25, 0.3) is 0 Å². The summed E-state index contributed by atoms with van der Waals surface area (Å²) >= 11 is 5.29. The Hall–Kier alpha value is 0.100. The van der Waals surface area contributed by atoms with Gasteiger partial charge in [0.15, 0.2) is 0 Å². The Morgan fingerprint density at radius 1 is 1.20 bits per heavy atom. The molecule has 0 aromatic carbocycles. The second kappa shape index (κ2) is 5.99. The van der Waals surface area contributed by atoms with E-state index in [4.69, 9.17) is 0 Å². The van der Waals surface area contributed by atoms with Gasteiger partial charge in [0, 0.05) is 44.6 Å². The zero-order valence-corrected chi connectivity index (χ0v) is 11.3. The van der Waals surface area contributed by atoms with Gasteiger partial charge in [0.05, 0.1) is 0 Å². The van der Waals surface area contributed by atoms with Crippen molar-refractivity contribution in [3.05, 3.63) is 22.4 Å². The normalized spacial score (nSPS) is 19.5. The number of nitrogens with zero attached hydrogens (tertiary/aromatic N) is 2. The number of rotatable bonds is 4. The van der Waals surface area contributed by atoms with Crippen molar-refractivity contribution < 1.29 is 0 Å². The number of hydrogen-bond acceptors (Lipinski definition) is 3. The van der Waals surface area contributed by atoms with E-state index in [1.54, 1.807) is 11.3 Å². The van der Waals surface area contributed by atoms with E-state index in [1.807, 2.05) is 0 Å². The highest BCUT2D eigenvalue weighted by molar-refractivity contribution is 9.09. The minimum absolute atomic E-state index is 1.09. The summed E-state index contributed by atoms with van der Waals surface area (Å²) in [6, 6.07) is 2.23. The second-order valence-corrected chi connectivity index (χ2v) is 5.51. The number of alkyl halides is 1. The molecule has 0 aliphatic carbocycles. The zero-order chi connectivity index (χ0) is 10.5. The Morgan fingerprint density at radius 3 is 2.53 bits per heavy atom. The van der Waals surface area contributed by atoms with Crippen LogP contribution in [0.4, 0.5) is 0 Å². The van der Waals surface area contributed by atoms with Crippen LogP contribution in [0.15, 0.2) is 16.8 Å². The van der Waals surface area contributed by atoms with E-state index >= 15 is 0 Å². The monoisotopic (exact) mass is 288 g/mol. The minimum Gasteiger partial charge on any atom is -0.300 e. The summed E-state index contributed by atoms with van der Waals surface area (Å²) < 4.78 is 0. The van der Waals surface area contributed by atoms with E-state index in [2.05, 4.69) is 42.6 Å².